The lowest BCUT2D eigenvalue weighted by Gasteiger charge is -2.12. The van der Waals surface area contributed by atoms with Crippen LogP contribution in [0.5, 0.6) is 5.75 Å². The summed E-state index contributed by atoms with van der Waals surface area (Å²) in [6.07, 6.45) is 5.74. The Kier molecular flexibility index (Phi) is 7.01. The summed E-state index contributed by atoms with van der Waals surface area (Å²) in [4.78, 5) is 28.7. The fraction of sp³-hybridized carbons (Fsp3) is 0.0476. The second-order valence-electron chi connectivity index (χ2n) is 6.27. The quantitative estimate of drug-likeness (QED) is 0.346. The Morgan fingerprint density at radius 2 is 1.90 bits per heavy atom. The molecule has 0 unspecified atom stereocenters. The highest BCUT2D eigenvalue weighted by molar-refractivity contribution is 6.31. The maximum absolute atomic E-state index is 13.5. The smallest absolute Gasteiger partial charge is 0.262 e. The topological polar surface area (TPSA) is 108 Å². The van der Waals surface area contributed by atoms with E-state index in [0.29, 0.717) is 17.6 Å². The van der Waals surface area contributed by atoms with Gasteiger partial charge in [0.2, 0.25) is 5.84 Å². The number of hydrogen-bond acceptors (Lipinski definition) is 4. The molecule has 10 heteroatoms. The van der Waals surface area contributed by atoms with Crippen molar-refractivity contribution in [3.63, 3.8) is 0 Å². The van der Waals surface area contributed by atoms with Crippen LogP contribution in [0.25, 0.3) is 0 Å². The van der Waals surface area contributed by atoms with Gasteiger partial charge >= 0.3 is 0 Å². The third-order valence-corrected chi connectivity index (χ3v) is 4.27. The Balaban J connectivity index is 1.70. The van der Waals surface area contributed by atoms with Crippen molar-refractivity contribution in [1.82, 2.24) is 5.32 Å². The van der Waals surface area contributed by atoms with Crippen molar-refractivity contribution < 1.29 is 28.4 Å². The molecule has 2 aromatic rings. The van der Waals surface area contributed by atoms with Crippen molar-refractivity contribution >= 4 is 35.5 Å². The van der Waals surface area contributed by atoms with Crippen LogP contribution < -0.4 is 15.4 Å². The van der Waals surface area contributed by atoms with E-state index in [1.807, 2.05) is 0 Å². The minimum absolute atomic E-state index is 0.0364. The minimum atomic E-state index is -0.897. The number of hydrogen-bond donors (Lipinski definition) is 3. The molecule has 0 aliphatic carbocycles. The van der Waals surface area contributed by atoms with Crippen molar-refractivity contribution in [3.8, 4) is 5.75 Å². The molecule has 0 aromatic heterocycles. The summed E-state index contributed by atoms with van der Waals surface area (Å²) < 4.78 is 32.5. The molecule has 2 aromatic carbocycles. The monoisotopic (exact) mass is 445 g/mol. The molecule has 0 spiro atoms. The Morgan fingerprint density at radius 3 is 2.55 bits per heavy atom. The maximum atomic E-state index is 13.5. The zero-order chi connectivity index (χ0) is 22.4. The lowest BCUT2D eigenvalue weighted by Crippen LogP contribution is -2.83. The standard InChI is InChI=1S/C21H15ClF2N4O3/c22-13-1-3-18(17(7-13)21(30)12-5-14(23)8-15(24)6-12)31-10-20(29)28-16-2-4-19(26-9-16)27-11-25/h1-9,11H,10H2,(H,28,29)(H2,25,26,27)/p+1. The third-order valence-electron chi connectivity index (χ3n) is 4.03. The summed E-state index contributed by atoms with van der Waals surface area (Å²) in [5.74, 6) is -2.40. The Labute approximate surface area is 180 Å². The molecule has 0 atom stereocenters. The van der Waals surface area contributed by atoms with E-state index in [1.54, 1.807) is 23.7 Å². The van der Waals surface area contributed by atoms with Gasteiger partial charge in [0, 0.05) is 22.7 Å². The fourth-order valence-electron chi connectivity index (χ4n) is 2.69. The Bertz CT molecular complexity index is 1130. The number of carbonyl (C=O) groups is 2. The average Bonchev–Trinajstić information content (AvgIpc) is 2.73. The van der Waals surface area contributed by atoms with Gasteiger partial charge in [0.1, 0.15) is 29.9 Å². The first kappa shape index (κ1) is 22.0. The minimum Gasteiger partial charge on any atom is -0.483 e. The number of nitrogens with two attached hydrogens (primary N) is 1. The molecule has 158 valence electrons. The van der Waals surface area contributed by atoms with Crippen LogP contribution in [0.1, 0.15) is 15.9 Å². The number of amides is 1. The van der Waals surface area contributed by atoms with E-state index >= 15 is 0 Å². The summed E-state index contributed by atoms with van der Waals surface area (Å²) in [5.41, 5.74) is 0.229. The van der Waals surface area contributed by atoms with E-state index in [0.717, 1.165) is 18.5 Å². The molecule has 3 rings (SSSR count). The first-order valence-corrected chi connectivity index (χ1v) is 9.26. The van der Waals surface area contributed by atoms with Crippen molar-refractivity contribution in [2.75, 3.05) is 6.61 Å². The second-order valence-corrected chi connectivity index (χ2v) is 6.71. The highest BCUT2D eigenvalue weighted by Crippen LogP contribution is 2.26. The number of benzene rings is 2. The summed E-state index contributed by atoms with van der Waals surface area (Å²) in [6, 6.07) is 6.61. The number of carbonyl (C=O) groups excluding carboxylic acids is 2. The van der Waals surface area contributed by atoms with Gasteiger partial charge in [-0.2, -0.15) is 4.99 Å². The van der Waals surface area contributed by atoms with Crippen LogP contribution in [0, 0.1) is 17.0 Å². The van der Waals surface area contributed by atoms with E-state index in [2.05, 4.69) is 10.3 Å². The number of ether oxygens (including phenoxy) is 1. The first-order valence-electron chi connectivity index (χ1n) is 8.88. The number of allylic oxidation sites excluding steroid dienone is 1. The van der Waals surface area contributed by atoms with E-state index in [9.17, 15) is 18.4 Å². The lowest BCUT2D eigenvalue weighted by molar-refractivity contribution is -0.461. The van der Waals surface area contributed by atoms with E-state index in [4.69, 9.17) is 21.7 Å². The average molecular weight is 446 g/mol. The number of nitrogens with one attached hydrogen (secondary N) is 2. The van der Waals surface area contributed by atoms with Crippen LogP contribution in [-0.2, 0) is 4.79 Å². The molecule has 0 radical (unpaired) electrons. The van der Waals surface area contributed by atoms with Crippen LogP contribution in [0.15, 0.2) is 65.4 Å². The molecule has 1 heterocycles. The van der Waals surface area contributed by atoms with Gasteiger partial charge in [-0.05, 0) is 36.4 Å². The summed E-state index contributed by atoms with van der Waals surface area (Å²) in [7, 11) is 0. The molecule has 0 saturated heterocycles. The number of ketones is 1. The number of aliphatic imine (C=N–C) groups is 1. The molecule has 31 heavy (non-hydrogen) atoms. The number of halogens is 3. The SMILES string of the molecule is N=CN=C1C=CC(NC(=O)COc2ccc(Cl)cc2C(=O)c2cc(F)cc(F)c2)=C[NH2+]1. The van der Waals surface area contributed by atoms with Crippen molar-refractivity contribution in [3.05, 3.63) is 88.2 Å². The van der Waals surface area contributed by atoms with Gasteiger partial charge in [0.15, 0.2) is 12.4 Å². The molecule has 0 saturated carbocycles. The van der Waals surface area contributed by atoms with Gasteiger partial charge in [-0.25, -0.2) is 8.78 Å². The number of quaternary nitrogens is 1. The highest BCUT2D eigenvalue weighted by Gasteiger charge is 2.18. The van der Waals surface area contributed by atoms with E-state index in [-0.39, 0.29) is 21.9 Å². The predicted octanol–water partition coefficient (Wildman–Crippen LogP) is 2.32. The molecule has 0 bridgehead atoms. The summed E-state index contributed by atoms with van der Waals surface area (Å²) in [5, 5.41) is 11.4. The third kappa shape index (κ3) is 5.91. The highest BCUT2D eigenvalue weighted by atomic mass is 35.5. The number of amidine groups is 1. The molecule has 1 aliphatic heterocycles. The predicted molar refractivity (Wildman–Crippen MR) is 110 cm³/mol. The van der Waals surface area contributed by atoms with Gasteiger partial charge < -0.3 is 10.1 Å². The zero-order valence-electron chi connectivity index (χ0n) is 15.9. The summed E-state index contributed by atoms with van der Waals surface area (Å²) >= 11 is 5.96. The van der Waals surface area contributed by atoms with Crippen LogP contribution in [0.4, 0.5) is 8.78 Å². The van der Waals surface area contributed by atoms with Crippen LogP contribution in [0.2, 0.25) is 5.02 Å². The molecule has 1 aliphatic rings. The van der Waals surface area contributed by atoms with Crippen LogP contribution in [0.3, 0.4) is 0 Å². The molecular formula is C21H16ClF2N4O3+. The number of nitrogens with zero attached hydrogens (tertiary/aromatic N) is 1. The Morgan fingerprint density at radius 1 is 1.16 bits per heavy atom. The number of rotatable bonds is 7. The van der Waals surface area contributed by atoms with Gasteiger partial charge in [-0.15, -0.1) is 0 Å². The normalized spacial score (nSPS) is 14.2. The van der Waals surface area contributed by atoms with Crippen molar-refractivity contribution in [2.45, 2.75) is 0 Å². The van der Waals surface area contributed by atoms with Gasteiger partial charge in [-0.1, -0.05) is 11.6 Å². The second kappa shape index (κ2) is 9.88. The zero-order valence-corrected chi connectivity index (χ0v) is 16.6. The molecule has 1 amide bonds. The van der Waals surface area contributed by atoms with Gasteiger partial charge in [0.25, 0.3) is 5.91 Å². The van der Waals surface area contributed by atoms with Gasteiger partial charge in [-0.3, -0.25) is 20.3 Å². The van der Waals surface area contributed by atoms with E-state index < -0.39 is 29.9 Å². The van der Waals surface area contributed by atoms with Crippen molar-refractivity contribution in [1.29, 1.82) is 5.41 Å². The van der Waals surface area contributed by atoms with Crippen LogP contribution >= 0.6 is 11.6 Å². The van der Waals surface area contributed by atoms with Gasteiger partial charge in [0.05, 0.1) is 11.3 Å². The van der Waals surface area contributed by atoms with Crippen LogP contribution in [-0.4, -0.2) is 30.5 Å². The summed E-state index contributed by atoms with van der Waals surface area (Å²) in [6.45, 7) is -0.425. The first-order chi connectivity index (χ1) is 14.9. The Hall–Kier alpha value is -3.69. The van der Waals surface area contributed by atoms with Crippen molar-refractivity contribution in [2.24, 2.45) is 4.99 Å². The maximum Gasteiger partial charge on any atom is 0.262 e. The molecule has 0 fully saturated rings. The molecule has 4 N–H and O–H groups in total. The lowest BCUT2D eigenvalue weighted by atomic mass is 10.0. The largest absolute Gasteiger partial charge is 0.483 e. The fourth-order valence-corrected chi connectivity index (χ4v) is 2.86. The molecular weight excluding hydrogens is 430 g/mol. The molecule has 7 nitrogen and oxygen atoms in total. The van der Waals surface area contributed by atoms with E-state index in [1.165, 1.54) is 18.2 Å².